The van der Waals surface area contributed by atoms with Crippen LogP contribution >= 0.6 is 11.6 Å². The van der Waals surface area contributed by atoms with E-state index >= 15 is 0 Å². The molecule has 0 atom stereocenters. The summed E-state index contributed by atoms with van der Waals surface area (Å²) in [6, 6.07) is 23.0. The summed E-state index contributed by atoms with van der Waals surface area (Å²) in [6.07, 6.45) is 0. The van der Waals surface area contributed by atoms with Gasteiger partial charge in [0.1, 0.15) is 5.75 Å². The fraction of sp³-hybridized carbons (Fsp3) is 0.0435. The highest BCUT2D eigenvalue weighted by Crippen LogP contribution is 2.27. The van der Waals surface area contributed by atoms with E-state index in [0.717, 1.165) is 22.7 Å². The van der Waals surface area contributed by atoms with Crippen LogP contribution in [0.25, 0.3) is 27.4 Å². The number of ether oxygens (including phenoxy) is 1. The predicted octanol–water partition coefficient (Wildman–Crippen LogP) is 6.40. The number of anilines is 1. The molecule has 1 N–H and O–H groups in total. The number of aromatic nitrogens is 2. The predicted molar refractivity (Wildman–Crippen MR) is 124 cm³/mol. The molecule has 1 heterocycles. The van der Waals surface area contributed by atoms with Crippen molar-refractivity contribution in [3.63, 3.8) is 0 Å². The van der Waals surface area contributed by atoms with Gasteiger partial charge in [-0.15, -0.1) is 0 Å². The van der Waals surface area contributed by atoms with Gasteiger partial charge in [-0.3, -0.25) is 4.79 Å². The van der Waals surface area contributed by atoms with E-state index in [-0.39, 0.29) is 11.6 Å². The lowest BCUT2D eigenvalue weighted by molar-refractivity contribution is 0.102. The van der Waals surface area contributed by atoms with Crippen molar-refractivity contribution in [1.29, 1.82) is 0 Å². The highest BCUT2D eigenvalue weighted by Gasteiger charge is 2.17. The van der Waals surface area contributed by atoms with Gasteiger partial charge >= 0.3 is 0 Å². The van der Waals surface area contributed by atoms with E-state index in [2.05, 4.69) is 20.4 Å². The second-order valence-electron chi connectivity index (χ2n) is 6.72. The largest absolute Gasteiger partial charge is 0.497 e. The fourth-order valence-electron chi connectivity index (χ4n) is 3.10. The summed E-state index contributed by atoms with van der Waals surface area (Å²) in [6.45, 7) is 0. The quantitative estimate of drug-likeness (QED) is 0.211. The maximum absolute atomic E-state index is 12.9. The van der Waals surface area contributed by atoms with Crippen molar-refractivity contribution < 1.29 is 9.53 Å². The van der Waals surface area contributed by atoms with Crippen LogP contribution in [0.5, 0.6) is 5.75 Å². The number of carbonyl (C=O) groups excluding carboxylic acids is 1. The number of methoxy groups -OCH3 is 1. The van der Waals surface area contributed by atoms with Crippen LogP contribution in [0.2, 0.25) is 5.02 Å². The summed E-state index contributed by atoms with van der Waals surface area (Å²) >= 11 is 6.04. The second-order valence-corrected chi connectivity index (χ2v) is 7.16. The molecule has 1 amide bonds. The van der Waals surface area contributed by atoms with Crippen LogP contribution in [0.4, 0.5) is 11.4 Å². The van der Waals surface area contributed by atoms with Crippen LogP contribution in [0, 0.1) is 0 Å². The number of carbonyl (C=O) groups is 1. The molecule has 0 unspecified atom stereocenters. The number of halogens is 1. The molecular weight excluding hydrogens is 428 g/mol. The molecule has 0 bridgehead atoms. The lowest BCUT2D eigenvalue weighted by atomic mass is 10.1. The Hall–Kier alpha value is -4.26. The molecule has 0 saturated carbocycles. The zero-order valence-electron chi connectivity index (χ0n) is 16.9. The summed E-state index contributed by atoms with van der Waals surface area (Å²) in [5, 5.41) is 11.5. The molecule has 0 aliphatic rings. The van der Waals surface area contributed by atoms with E-state index in [1.165, 1.54) is 0 Å². The Morgan fingerprint density at radius 2 is 1.75 bits per heavy atom. The van der Waals surface area contributed by atoms with Crippen molar-refractivity contribution in [2.45, 2.75) is 0 Å². The van der Waals surface area contributed by atoms with Crippen LogP contribution in [0.15, 0.2) is 84.0 Å². The van der Waals surface area contributed by atoms with Gasteiger partial charge in [-0.1, -0.05) is 41.0 Å². The Labute approximate surface area is 188 Å². The third kappa shape index (κ3) is 4.57. The van der Waals surface area contributed by atoms with E-state index in [4.69, 9.17) is 21.9 Å². The summed E-state index contributed by atoms with van der Waals surface area (Å²) in [5.74, 6) is 0.347. The molecule has 158 valence electrons. The second kappa shape index (κ2) is 9.26. The Morgan fingerprint density at radius 1 is 1.06 bits per heavy atom. The molecule has 9 heteroatoms. The fourth-order valence-corrected chi connectivity index (χ4v) is 3.22. The van der Waals surface area contributed by atoms with Crippen molar-refractivity contribution >= 4 is 28.9 Å². The highest BCUT2D eigenvalue weighted by molar-refractivity contribution is 6.30. The van der Waals surface area contributed by atoms with Gasteiger partial charge in [-0.25, -0.2) is 4.68 Å². The number of nitrogens with one attached hydrogen (secondary N) is 1. The zero-order valence-corrected chi connectivity index (χ0v) is 17.7. The zero-order chi connectivity index (χ0) is 22.5. The molecule has 0 aliphatic heterocycles. The Bertz CT molecular complexity index is 1290. The number of azide groups is 1. The maximum Gasteiger partial charge on any atom is 0.276 e. The van der Waals surface area contributed by atoms with Crippen molar-refractivity contribution in [2.24, 2.45) is 5.11 Å². The number of rotatable bonds is 6. The lowest BCUT2D eigenvalue weighted by Crippen LogP contribution is -2.13. The maximum atomic E-state index is 12.9. The van der Waals surface area contributed by atoms with Gasteiger partial charge in [0.15, 0.2) is 5.69 Å². The first kappa shape index (κ1) is 21.0. The van der Waals surface area contributed by atoms with Gasteiger partial charge in [0.2, 0.25) is 0 Å². The minimum absolute atomic E-state index is 0.241. The molecule has 0 saturated heterocycles. The van der Waals surface area contributed by atoms with Crippen LogP contribution < -0.4 is 10.1 Å². The third-order valence-electron chi connectivity index (χ3n) is 4.68. The van der Waals surface area contributed by atoms with Crippen molar-refractivity contribution in [3.8, 4) is 22.7 Å². The number of benzene rings is 3. The molecule has 0 radical (unpaired) electrons. The van der Waals surface area contributed by atoms with Crippen molar-refractivity contribution in [2.75, 3.05) is 12.4 Å². The summed E-state index contributed by atoms with van der Waals surface area (Å²) in [5.41, 5.74) is 12.1. The summed E-state index contributed by atoms with van der Waals surface area (Å²) in [7, 11) is 1.60. The highest BCUT2D eigenvalue weighted by atomic mass is 35.5. The third-order valence-corrected chi connectivity index (χ3v) is 4.94. The SMILES string of the molecule is COc1ccc(-n2nc(C(=O)Nc3ccc(N=[N+]=[N-])cc3)cc2-c2ccc(Cl)cc2)cc1. The summed E-state index contributed by atoms with van der Waals surface area (Å²) < 4.78 is 6.93. The minimum Gasteiger partial charge on any atom is -0.497 e. The van der Waals surface area contributed by atoms with Crippen LogP contribution in [0.1, 0.15) is 10.5 Å². The summed E-state index contributed by atoms with van der Waals surface area (Å²) in [4.78, 5) is 15.6. The number of hydrogen-bond acceptors (Lipinski definition) is 4. The number of hydrogen-bond donors (Lipinski definition) is 1. The Balaban J connectivity index is 1.69. The Kier molecular flexibility index (Phi) is 6.07. The monoisotopic (exact) mass is 444 g/mol. The van der Waals surface area contributed by atoms with E-state index in [9.17, 15) is 4.79 Å². The van der Waals surface area contributed by atoms with E-state index in [1.807, 2.05) is 36.4 Å². The van der Waals surface area contributed by atoms with Gasteiger partial charge in [-0.05, 0) is 60.1 Å². The molecule has 4 rings (SSSR count). The van der Waals surface area contributed by atoms with Gasteiger partial charge in [-0.2, -0.15) is 5.10 Å². The molecule has 3 aromatic carbocycles. The van der Waals surface area contributed by atoms with Gasteiger partial charge in [0.05, 0.1) is 18.5 Å². The first-order chi connectivity index (χ1) is 15.6. The van der Waals surface area contributed by atoms with Gasteiger partial charge in [0, 0.05) is 26.9 Å². The molecule has 8 nitrogen and oxygen atoms in total. The van der Waals surface area contributed by atoms with E-state index < -0.39 is 0 Å². The standard InChI is InChI=1S/C23H17ClN6O2/c1-32-20-12-10-19(11-13-20)30-22(15-2-4-16(24)5-3-15)14-21(28-30)23(31)26-17-6-8-18(9-7-17)27-29-25/h2-14H,1H3,(H,26,31). The van der Waals surface area contributed by atoms with E-state index in [0.29, 0.717) is 16.4 Å². The average Bonchev–Trinajstić information content (AvgIpc) is 3.27. The van der Waals surface area contributed by atoms with Gasteiger partial charge in [0.25, 0.3) is 5.91 Å². The van der Waals surface area contributed by atoms with Gasteiger partial charge < -0.3 is 10.1 Å². The topological polar surface area (TPSA) is 105 Å². The minimum atomic E-state index is -0.371. The number of amides is 1. The van der Waals surface area contributed by atoms with Crippen LogP contribution in [0.3, 0.4) is 0 Å². The molecule has 0 spiro atoms. The smallest absolute Gasteiger partial charge is 0.276 e. The first-order valence-electron chi connectivity index (χ1n) is 9.54. The molecule has 32 heavy (non-hydrogen) atoms. The lowest BCUT2D eigenvalue weighted by Gasteiger charge is -2.08. The molecule has 1 aromatic heterocycles. The first-order valence-corrected chi connectivity index (χ1v) is 9.92. The van der Waals surface area contributed by atoms with Crippen molar-refractivity contribution in [3.05, 3.63) is 100 Å². The molecule has 0 aliphatic carbocycles. The van der Waals surface area contributed by atoms with Crippen LogP contribution in [-0.4, -0.2) is 22.8 Å². The van der Waals surface area contributed by atoms with Crippen LogP contribution in [-0.2, 0) is 0 Å². The number of nitrogens with zero attached hydrogens (tertiary/aromatic N) is 5. The van der Waals surface area contributed by atoms with Crippen molar-refractivity contribution in [1.82, 2.24) is 9.78 Å². The normalized spacial score (nSPS) is 10.3. The Morgan fingerprint density at radius 3 is 2.38 bits per heavy atom. The molecule has 0 fully saturated rings. The van der Waals surface area contributed by atoms with E-state index in [1.54, 1.807) is 54.3 Å². The average molecular weight is 445 g/mol. The molecular formula is C23H17ClN6O2. The molecule has 4 aromatic rings.